The Bertz CT molecular complexity index is 1390. The lowest BCUT2D eigenvalue weighted by atomic mass is 10.2. The molecule has 8 nitrogen and oxygen atoms in total. The lowest BCUT2D eigenvalue weighted by molar-refractivity contribution is 0.218. The van der Waals surface area contributed by atoms with Crippen molar-refractivity contribution in [1.29, 1.82) is 0 Å². The number of pyridine rings is 2. The molecule has 216 valence electrons. The molecule has 0 saturated heterocycles. The van der Waals surface area contributed by atoms with E-state index in [4.69, 9.17) is 34.4 Å². The van der Waals surface area contributed by atoms with Crippen molar-refractivity contribution in [2.45, 2.75) is 46.4 Å². The van der Waals surface area contributed by atoms with Gasteiger partial charge in [-0.2, -0.15) is 0 Å². The molecule has 0 aliphatic rings. The summed E-state index contributed by atoms with van der Waals surface area (Å²) in [5.41, 5.74) is 3.51. The fraction of sp³-hybridized carbons (Fsp3) is 0.357. The monoisotopic (exact) mass is 622 g/mol. The summed E-state index contributed by atoms with van der Waals surface area (Å²) in [5, 5.41) is 1.87. The van der Waals surface area contributed by atoms with Gasteiger partial charge in [0.1, 0.15) is 5.75 Å². The van der Waals surface area contributed by atoms with Crippen LogP contribution in [0.15, 0.2) is 65.6 Å². The second-order valence-electron chi connectivity index (χ2n) is 8.31. The van der Waals surface area contributed by atoms with Gasteiger partial charge in [-0.05, 0) is 77.2 Å². The topological polar surface area (TPSA) is 89.0 Å². The standard InChI is InChI=1S/2C14H18NO3PS/c1-4-17-19(16,18-5-2)20-14-10-11(3)15-13-9-7-6-8-12(13)14;1-4-16-19(20,17-5-2)18-14-10-11(3)15-13-9-7-6-8-12(13)14/h2*6-10H,4-5H2,1-3H3. The molecule has 2 aromatic heterocycles. The molecule has 0 amide bonds. The fourth-order valence-corrected chi connectivity index (χ4v) is 9.49. The van der Waals surface area contributed by atoms with Crippen molar-refractivity contribution in [3.8, 4) is 5.75 Å². The number of aryl methyl sites for hydroxylation is 2. The summed E-state index contributed by atoms with van der Waals surface area (Å²) >= 11 is 6.57. The highest BCUT2D eigenvalue weighted by Crippen LogP contribution is 2.64. The van der Waals surface area contributed by atoms with Crippen LogP contribution in [0.2, 0.25) is 0 Å². The van der Waals surface area contributed by atoms with E-state index in [0.717, 1.165) is 49.5 Å². The number of nitrogens with zero attached hydrogens (tertiary/aromatic N) is 2. The van der Waals surface area contributed by atoms with Crippen molar-refractivity contribution >= 4 is 58.5 Å². The van der Waals surface area contributed by atoms with E-state index in [1.54, 1.807) is 0 Å². The molecule has 0 radical (unpaired) electrons. The summed E-state index contributed by atoms with van der Waals surface area (Å²) in [4.78, 5) is 9.82. The van der Waals surface area contributed by atoms with Gasteiger partial charge < -0.3 is 13.6 Å². The minimum Gasteiger partial charge on any atom is -0.423 e. The molecule has 2 aromatic carbocycles. The maximum absolute atomic E-state index is 12.6. The van der Waals surface area contributed by atoms with E-state index < -0.39 is 13.5 Å². The van der Waals surface area contributed by atoms with E-state index >= 15 is 0 Å². The lowest BCUT2D eigenvalue weighted by Crippen LogP contribution is -2.03. The van der Waals surface area contributed by atoms with Gasteiger partial charge in [-0.15, -0.1) is 0 Å². The summed E-state index contributed by atoms with van der Waals surface area (Å²) in [6.07, 6.45) is 0. The van der Waals surface area contributed by atoms with Crippen LogP contribution in [0, 0.1) is 13.8 Å². The predicted molar refractivity (Wildman–Crippen MR) is 168 cm³/mol. The molecule has 4 rings (SSSR count). The summed E-state index contributed by atoms with van der Waals surface area (Å²) in [7, 11) is 0. The smallest absolute Gasteiger partial charge is 0.393 e. The normalized spacial score (nSPS) is 11.8. The Hall–Kier alpha value is -1.87. The average Bonchev–Trinajstić information content (AvgIpc) is 2.89. The average molecular weight is 623 g/mol. The molecule has 4 aromatic rings. The first-order valence-electron chi connectivity index (χ1n) is 13.1. The van der Waals surface area contributed by atoms with Crippen LogP contribution in [-0.4, -0.2) is 36.4 Å². The molecule has 0 aliphatic heterocycles. The van der Waals surface area contributed by atoms with Crippen molar-refractivity contribution in [1.82, 2.24) is 9.97 Å². The van der Waals surface area contributed by atoms with Crippen LogP contribution < -0.4 is 4.52 Å². The van der Waals surface area contributed by atoms with E-state index in [-0.39, 0.29) is 0 Å². The summed E-state index contributed by atoms with van der Waals surface area (Å²) in [5.74, 6) is 0.665. The highest BCUT2D eigenvalue weighted by atomic mass is 32.7. The molecular weight excluding hydrogens is 586 g/mol. The summed E-state index contributed by atoms with van der Waals surface area (Å²) in [6, 6.07) is 19.3. The molecule has 0 fully saturated rings. The van der Waals surface area contributed by atoms with Crippen LogP contribution >= 0.6 is 24.9 Å². The van der Waals surface area contributed by atoms with Crippen LogP contribution in [0.25, 0.3) is 21.8 Å². The van der Waals surface area contributed by atoms with Gasteiger partial charge in [0.05, 0.1) is 37.5 Å². The molecule has 0 aliphatic carbocycles. The van der Waals surface area contributed by atoms with Gasteiger partial charge in [-0.3, -0.25) is 19.0 Å². The van der Waals surface area contributed by atoms with Gasteiger partial charge in [0.25, 0.3) is 0 Å². The minimum absolute atomic E-state index is 0.353. The van der Waals surface area contributed by atoms with Gasteiger partial charge in [0.15, 0.2) is 0 Å². The van der Waals surface area contributed by atoms with E-state index in [1.807, 2.05) is 102 Å². The highest BCUT2D eigenvalue weighted by Gasteiger charge is 2.27. The zero-order valence-corrected chi connectivity index (χ0v) is 27.1. The molecule has 0 atom stereocenters. The SMILES string of the molecule is CCOP(=O)(OCC)Sc1cc(C)nc2ccccc12.CCOP(=S)(OCC)Oc1cc(C)nc2ccccc12. The first-order valence-corrected chi connectivity index (χ1v) is 18.6. The van der Waals surface area contributed by atoms with Crippen molar-refractivity contribution in [3.63, 3.8) is 0 Å². The summed E-state index contributed by atoms with van der Waals surface area (Å²) < 4.78 is 40.3. The van der Waals surface area contributed by atoms with Gasteiger partial charge in [0, 0.05) is 44.9 Å². The summed E-state index contributed by atoms with van der Waals surface area (Å²) in [6.45, 7) is 6.89. The van der Waals surface area contributed by atoms with Crippen LogP contribution in [0.5, 0.6) is 5.75 Å². The van der Waals surface area contributed by atoms with Crippen LogP contribution in [0.3, 0.4) is 0 Å². The zero-order chi connectivity index (χ0) is 29.2. The van der Waals surface area contributed by atoms with Gasteiger partial charge in [0.2, 0.25) is 0 Å². The number of benzene rings is 2. The van der Waals surface area contributed by atoms with Gasteiger partial charge >= 0.3 is 13.5 Å². The third-order valence-electron chi connectivity index (χ3n) is 5.18. The molecular formula is C28H36N2O6P2S2. The molecule has 40 heavy (non-hydrogen) atoms. The first kappa shape index (κ1) is 32.6. The van der Waals surface area contributed by atoms with Crippen LogP contribution in [0.4, 0.5) is 0 Å². The lowest BCUT2D eigenvalue weighted by Gasteiger charge is -2.22. The maximum Gasteiger partial charge on any atom is 0.393 e. The predicted octanol–water partition coefficient (Wildman–Crippen LogP) is 9.04. The molecule has 12 heteroatoms. The maximum atomic E-state index is 12.6. The number of aromatic nitrogens is 2. The van der Waals surface area contributed by atoms with Crippen molar-refractivity contribution in [3.05, 3.63) is 72.1 Å². The largest absolute Gasteiger partial charge is 0.423 e. The molecule has 2 heterocycles. The number of fused-ring (bicyclic) bond motifs is 2. The van der Waals surface area contributed by atoms with Crippen molar-refractivity contribution < 1.29 is 27.2 Å². The van der Waals surface area contributed by atoms with Crippen LogP contribution in [-0.2, 0) is 34.5 Å². The molecule has 0 bridgehead atoms. The van der Waals surface area contributed by atoms with Crippen molar-refractivity contribution in [2.75, 3.05) is 26.4 Å². The first-order chi connectivity index (χ1) is 19.2. The number of para-hydroxylation sites is 2. The van der Waals surface area contributed by atoms with E-state index in [2.05, 4.69) is 9.97 Å². The van der Waals surface area contributed by atoms with E-state index in [0.29, 0.717) is 32.2 Å². The third kappa shape index (κ3) is 9.07. The number of hydrogen-bond acceptors (Lipinski definition) is 10. The van der Waals surface area contributed by atoms with Crippen LogP contribution in [0.1, 0.15) is 39.1 Å². The Morgan fingerprint density at radius 3 is 1.75 bits per heavy atom. The molecule has 0 unspecified atom stereocenters. The quantitative estimate of drug-likeness (QED) is 0.143. The molecule has 0 spiro atoms. The second kappa shape index (κ2) is 15.4. The Kier molecular flexibility index (Phi) is 12.6. The zero-order valence-electron chi connectivity index (χ0n) is 23.7. The number of rotatable bonds is 12. The Morgan fingerprint density at radius 2 is 1.20 bits per heavy atom. The van der Waals surface area contributed by atoms with E-state index in [9.17, 15) is 4.57 Å². The van der Waals surface area contributed by atoms with Gasteiger partial charge in [-0.1, -0.05) is 30.3 Å². The third-order valence-corrected chi connectivity index (χ3v) is 11.4. The minimum atomic E-state index is -3.18. The molecule has 0 saturated carbocycles. The second-order valence-corrected chi connectivity index (χ2v) is 15.2. The highest BCUT2D eigenvalue weighted by molar-refractivity contribution is 8.55. The Labute approximate surface area is 245 Å². The Balaban J connectivity index is 0.000000220. The van der Waals surface area contributed by atoms with Gasteiger partial charge in [-0.25, -0.2) is 4.57 Å². The fourth-order valence-electron chi connectivity index (χ4n) is 3.74. The molecule has 0 N–H and O–H groups in total. The van der Waals surface area contributed by atoms with E-state index in [1.165, 1.54) is 0 Å². The van der Waals surface area contributed by atoms with Crippen molar-refractivity contribution in [2.24, 2.45) is 0 Å². The number of hydrogen-bond donors (Lipinski definition) is 0. The Morgan fingerprint density at radius 1 is 0.725 bits per heavy atom.